The Labute approximate surface area is 207 Å². The number of benzene rings is 2. The van der Waals surface area contributed by atoms with Crippen molar-refractivity contribution in [3.8, 4) is 0 Å². The van der Waals surface area contributed by atoms with E-state index in [0.717, 1.165) is 10.6 Å². The molecule has 0 aliphatic rings. The van der Waals surface area contributed by atoms with Gasteiger partial charge in [-0.05, 0) is 37.3 Å². The van der Waals surface area contributed by atoms with Crippen molar-refractivity contribution in [2.45, 2.75) is 19.5 Å². The van der Waals surface area contributed by atoms with Crippen LogP contribution in [-0.2, 0) is 26.2 Å². The predicted octanol–water partition coefficient (Wildman–Crippen LogP) is 4.23. The fourth-order valence-corrected chi connectivity index (χ4v) is 4.81. The first-order valence-electron chi connectivity index (χ1n) is 9.23. The van der Waals surface area contributed by atoms with Gasteiger partial charge in [-0.3, -0.25) is 13.9 Å². The molecule has 0 saturated carbocycles. The van der Waals surface area contributed by atoms with Crippen LogP contribution in [0.4, 0.5) is 5.69 Å². The number of hydrogen-bond donors (Lipinski definition) is 1. The van der Waals surface area contributed by atoms with Crippen LogP contribution in [-0.4, -0.2) is 51.0 Å². The Morgan fingerprint density at radius 1 is 1.03 bits per heavy atom. The molecule has 0 radical (unpaired) electrons. The summed E-state index contributed by atoms with van der Waals surface area (Å²) in [6.45, 7) is 0.807. The van der Waals surface area contributed by atoms with E-state index in [2.05, 4.69) is 5.32 Å². The van der Waals surface area contributed by atoms with Crippen molar-refractivity contribution in [3.05, 3.63) is 62.1 Å². The van der Waals surface area contributed by atoms with Gasteiger partial charge in [0.05, 0.1) is 11.9 Å². The third-order valence-electron chi connectivity index (χ3n) is 4.62. The lowest BCUT2D eigenvalue weighted by molar-refractivity contribution is -0.139. The molecule has 32 heavy (non-hydrogen) atoms. The zero-order chi connectivity index (χ0) is 24.2. The third-order valence-corrected chi connectivity index (χ3v) is 6.90. The number of carbonyl (C=O) groups excluding carboxylic acids is 2. The molecule has 0 aliphatic heterocycles. The summed E-state index contributed by atoms with van der Waals surface area (Å²) in [7, 11) is -2.47. The van der Waals surface area contributed by atoms with Crippen LogP contribution in [0.5, 0.6) is 0 Å². The van der Waals surface area contributed by atoms with Crippen LogP contribution >= 0.6 is 46.4 Å². The summed E-state index contributed by atoms with van der Waals surface area (Å²) in [6.07, 6.45) is 0.951. The number of nitrogens with zero attached hydrogens (tertiary/aromatic N) is 2. The molecule has 0 unspecified atom stereocenters. The molecular weight excluding hydrogens is 520 g/mol. The molecule has 0 heterocycles. The molecule has 1 N–H and O–H groups in total. The number of nitrogens with one attached hydrogen (secondary N) is 1. The Hall–Kier alpha value is -1.71. The van der Waals surface area contributed by atoms with Crippen molar-refractivity contribution in [3.63, 3.8) is 0 Å². The van der Waals surface area contributed by atoms with E-state index in [1.54, 1.807) is 18.2 Å². The lowest BCUT2D eigenvalue weighted by atomic mass is 10.1. The minimum Gasteiger partial charge on any atom is -0.357 e. The number of likely N-dealkylation sites (N-methyl/N-ethyl adjacent to an activating group) is 1. The van der Waals surface area contributed by atoms with Crippen molar-refractivity contribution in [2.24, 2.45) is 0 Å². The topological polar surface area (TPSA) is 86.8 Å². The van der Waals surface area contributed by atoms with E-state index in [1.807, 2.05) is 0 Å². The SMILES string of the molecule is CNC(=O)[C@H](C)N(Cc1c(Cl)cccc1Cl)C(=O)CN(c1cc(Cl)cc(Cl)c1)S(C)(=O)=O. The van der Waals surface area contributed by atoms with Gasteiger partial charge in [0.2, 0.25) is 21.8 Å². The van der Waals surface area contributed by atoms with Crippen LogP contribution < -0.4 is 9.62 Å². The predicted molar refractivity (Wildman–Crippen MR) is 129 cm³/mol. The normalized spacial score (nSPS) is 12.2. The fourth-order valence-electron chi connectivity index (χ4n) is 2.94. The monoisotopic (exact) mass is 539 g/mol. The minimum absolute atomic E-state index is 0.111. The van der Waals surface area contributed by atoms with Gasteiger partial charge in [0, 0.05) is 39.2 Å². The minimum atomic E-state index is -3.90. The molecule has 0 spiro atoms. The molecule has 174 valence electrons. The Morgan fingerprint density at radius 2 is 1.56 bits per heavy atom. The van der Waals surface area contributed by atoms with Gasteiger partial charge in [-0.2, -0.15) is 0 Å². The molecule has 12 heteroatoms. The van der Waals surface area contributed by atoms with Gasteiger partial charge in [-0.15, -0.1) is 0 Å². The van der Waals surface area contributed by atoms with Crippen molar-refractivity contribution in [1.29, 1.82) is 0 Å². The van der Waals surface area contributed by atoms with E-state index in [9.17, 15) is 18.0 Å². The zero-order valence-corrected chi connectivity index (χ0v) is 21.2. The first kappa shape index (κ1) is 26.5. The number of carbonyl (C=O) groups is 2. The average Bonchev–Trinajstić information content (AvgIpc) is 2.69. The Balaban J connectivity index is 2.47. The summed E-state index contributed by atoms with van der Waals surface area (Å²) in [5.41, 5.74) is 0.540. The molecule has 0 aromatic heterocycles. The van der Waals surface area contributed by atoms with E-state index < -0.39 is 34.4 Å². The van der Waals surface area contributed by atoms with Crippen molar-refractivity contribution >= 4 is 73.9 Å². The van der Waals surface area contributed by atoms with Gasteiger partial charge in [0.25, 0.3) is 0 Å². The molecule has 1 atom stereocenters. The van der Waals surface area contributed by atoms with Crippen LogP contribution in [0.1, 0.15) is 12.5 Å². The van der Waals surface area contributed by atoms with Gasteiger partial charge in [-0.1, -0.05) is 52.5 Å². The molecule has 7 nitrogen and oxygen atoms in total. The number of rotatable bonds is 8. The van der Waals surface area contributed by atoms with E-state index in [4.69, 9.17) is 46.4 Å². The van der Waals surface area contributed by atoms with Gasteiger partial charge in [-0.25, -0.2) is 8.42 Å². The number of hydrogen-bond acceptors (Lipinski definition) is 4. The van der Waals surface area contributed by atoms with Gasteiger partial charge < -0.3 is 10.2 Å². The lowest BCUT2D eigenvalue weighted by Gasteiger charge is -2.31. The highest BCUT2D eigenvalue weighted by Crippen LogP contribution is 2.29. The van der Waals surface area contributed by atoms with Crippen molar-refractivity contribution in [2.75, 3.05) is 24.2 Å². The van der Waals surface area contributed by atoms with Crippen molar-refractivity contribution in [1.82, 2.24) is 10.2 Å². The maximum Gasteiger partial charge on any atom is 0.244 e. The Bertz CT molecular complexity index is 1090. The molecule has 0 fully saturated rings. The quantitative estimate of drug-likeness (QED) is 0.542. The summed E-state index contributed by atoms with van der Waals surface area (Å²) < 4.78 is 25.8. The molecule has 2 aromatic carbocycles. The highest BCUT2D eigenvalue weighted by Gasteiger charge is 2.30. The first-order valence-corrected chi connectivity index (χ1v) is 12.6. The summed E-state index contributed by atoms with van der Waals surface area (Å²) >= 11 is 24.5. The number of sulfonamides is 1. The summed E-state index contributed by atoms with van der Waals surface area (Å²) in [5, 5.41) is 3.49. The van der Waals surface area contributed by atoms with Gasteiger partial charge >= 0.3 is 0 Å². The number of amides is 2. The summed E-state index contributed by atoms with van der Waals surface area (Å²) in [4.78, 5) is 26.8. The van der Waals surface area contributed by atoms with Crippen LogP contribution in [0.15, 0.2) is 36.4 Å². The van der Waals surface area contributed by atoms with Crippen LogP contribution in [0.25, 0.3) is 0 Å². The van der Waals surface area contributed by atoms with E-state index in [1.165, 1.54) is 37.1 Å². The molecule has 0 saturated heterocycles. The van der Waals surface area contributed by atoms with E-state index in [0.29, 0.717) is 15.6 Å². The molecular formula is C20H21Cl4N3O4S. The zero-order valence-electron chi connectivity index (χ0n) is 17.4. The maximum atomic E-state index is 13.3. The number of anilines is 1. The largest absolute Gasteiger partial charge is 0.357 e. The van der Waals surface area contributed by atoms with Gasteiger partial charge in [0.1, 0.15) is 12.6 Å². The van der Waals surface area contributed by atoms with E-state index in [-0.39, 0.29) is 22.3 Å². The second-order valence-electron chi connectivity index (χ2n) is 6.91. The van der Waals surface area contributed by atoms with Crippen LogP contribution in [0.2, 0.25) is 20.1 Å². The average molecular weight is 541 g/mol. The molecule has 2 rings (SSSR count). The Morgan fingerprint density at radius 3 is 2.03 bits per heavy atom. The second kappa shape index (κ2) is 10.9. The Kier molecular flexibility index (Phi) is 9.07. The fraction of sp³-hybridized carbons (Fsp3) is 0.300. The molecule has 2 aromatic rings. The summed E-state index contributed by atoms with van der Waals surface area (Å²) in [5.74, 6) is -1.10. The first-order chi connectivity index (χ1) is 14.8. The summed E-state index contributed by atoms with van der Waals surface area (Å²) in [6, 6.07) is 8.10. The molecule has 0 aliphatic carbocycles. The van der Waals surface area contributed by atoms with Crippen molar-refractivity contribution < 1.29 is 18.0 Å². The number of halogens is 4. The second-order valence-corrected chi connectivity index (χ2v) is 10.5. The van der Waals surface area contributed by atoms with Gasteiger partial charge in [0.15, 0.2) is 0 Å². The standard InChI is InChI=1S/C20H21Cl4N3O4S/c1-12(20(29)25-2)26(10-16-17(23)5-4-6-18(16)24)19(28)11-27(32(3,30)31)15-8-13(21)7-14(22)9-15/h4-9,12H,10-11H2,1-3H3,(H,25,29)/t12-/m0/s1. The molecule has 2 amide bonds. The molecule has 0 bridgehead atoms. The van der Waals surface area contributed by atoms with E-state index >= 15 is 0 Å². The third kappa shape index (κ3) is 6.65. The van der Waals surface area contributed by atoms with Crippen LogP contribution in [0.3, 0.4) is 0 Å². The smallest absolute Gasteiger partial charge is 0.244 e. The maximum absolute atomic E-state index is 13.3. The van der Waals surface area contributed by atoms with Crippen LogP contribution in [0, 0.1) is 0 Å². The lowest BCUT2D eigenvalue weighted by Crippen LogP contribution is -2.50. The highest BCUT2D eigenvalue weighted by molar-refractivity contribution is 7.92. The highest BCUT2D eigenvalue weighted by atomic mass is 35.5.